The van der Waals surface area contributed by atoms with Crippen LogP contribution in [0.15, 0.2) is 24.5 Å². The van der Waals surface area contributed by atoms with Crippen molar-refractivity contribution < 1.29 is 9.53 Å². The molecular weight excluding hydrogens is 316 g/mol. The molecule has 0 fully saturated rings. The van der Waals surface area contributed by atoms with E-state index in [1.807, 2.05) is 17.0 Å². The fourth-order valence-electron chi connectivity index (χ4n) is 3.16. The number of aromatic nitrogens is 2. The number of fused-ring (bicyclic) bond motifs is 2. The number of nitrogens with one attached hydrogen (secondary N) is 2. The molecule has 1 atom stereocenters. The first kappa shape index (κ1) is 14.5. The monoisotopic (exact) mass is 332 g/mol. The zero-order chi connectivity index (χ0) is 15.8. The first-order valence-corrected chi connectivity index (χ1v) is 8.06. The second-order valence-corrected chi connectivity index (χ2v) is 6.20. The Hall–Kier alpha value is -2.05. The standard InChI is InChI=1S/C16H17ClN4O2/c17-11-1-2-13-10(7-11)8-21(5-6-23-13)16(22)15-14-12(3-4-18-15)19-9-20-14/h1-2,7,9,15,18H,3-6,8H2,(H,19,20)/t15-/m0/s1. The molecule has 120 valence electrons. The van der Waals surface area contributed by atoms with E-state index in [1.165, 1.54) is 0 Å². The minimum absolute atomic E-state index is 0.0227. The molecule has 0 saturated carbocycles. The van der Waals surface area contributed by atoms with Gasteiger partial charge in [0, 0.05) is 35.8 Å². The van der Waals surface area contributed by atoms with Crippen LogP contribution in [-0.2, 0) is 17.8 Å². The molecule has 2 aliphatic heterocycles. The number of benzene rings is 1. The van der Waals surface area contributed by atoms with Gasteiger partial charge in [0.25, 0.3) is 0 Å². The van der Waals surface area contributed by atoms with Gasteiger partial charge in [0.2, 0.25) is 5.91 Å². The molecule has 0 radical (unpaired) electrons. The number of hydrogen-bond donors (Lipinski definition) is 2. The highest BCUT2D eigenvalue weighted by molar-refractivity contribution is 6.30. The first-order valence-electron chi connectivity index (χ1n) is 7.68. The van der Waals surface area contributed by atoms with Crippen LogP contribution < -0.4 is 10.1 Å². The maximum Gasteiger partial charge on any atom is 0.246 e. The van der Waals surface area contributed by atoms with Gasteiger partial charge >= 0.3 is 0 Å². The van der Waals surface area contributed by atoms with Crippen molar-refractivity contribution in [1.82, 2.24) is 20.2 Å². The van der Waals surface area contributed by atoms with Gasteiger partial charge in [0.1, 0.15) is 18.4 Å². The largest absolute Gasteiger partial charge is 0.491 e. The molecule has 2 aliphatic rings. The molecule has 1 aromatic carbocycles. The highest BCUT2D eigenvalue weighted by Crippen LogP contribution is 2.28. The van der Waals surface area contributed by atoms with Crippen LogP contribution >= 0.6 is 11.6 Å². The fraction of sp³-hybridized carbons (Fsp3) is 0.375. The highest BCUT2D eigenvalue weighted by Gasteiger charge is 2.32. The summed E-state index contributed by atoms with van der Waals surface area (Å²) in [7, 11) is 0. The number of hydrogen-bond acceptors (Lipinski definition) is 4. The summed E-state index contributed by atoms with van der Waals surface area (Å²) in [4.78, 5) is 22.2. The Kier molecular flexibility index (Phi) is 3.71. The van der Waals surface area contributed by atoms with Gasteiger partial charge in [-0.2, -0.15) is 0 Å². The van der Waals surface area contributed by atoms with E-state index in [0.717, 1.165) is 35.7 Å². The van der Waals surface area contributed by atoms with Crippen LogP contribution in [0.1, 0.15) is 23.0 Å². The van der Waals surface area contributed by atoms with E-state index < -0.39 is 6.04 Å². The number of nitrogens with zero attached hydrogens (tertiary/aromatic N) is 2. The average molecular weight is 333 g/mol. The third kappa shape index (κ3) is 2.68. The third-order valence-corrected chi connectivity index (χ3v) is 4.54. The fourth-order valence-corrected chi connectivity index (χ4v) is 3.35. The van der Waals surface area contributed by atoms with Crippen molar-refractivity contribution in [1.29, 1.82) is 0 Å². The summed E-state index contributed by atoms with van der Waals surface area (Å²) in [6.45, 7) is 2.27. The van der Waals surface area contributed by atoms with Gasteiger partial charge in [-0.1, -0.05) is 11.6 Å². The number of H-pyrrole nitrogens is 1. The third-order valence-electron chi connectivity index (χ3n) is 4.31. The zero-order valence-corrected chi connectivity index (χ0v) is 13.3. The number of carbonyl (C=O) groups excluding carboxylic acids is 1. The Morgan fingerprint density at radius 1 is 1.43 bits per heavy atom. The van der Waals surface area contributed by atoms with Gasteiger partial charge in [0.05, 0.1) is 18.6 Å². The Morgan fingerprint density at radius 3 is 3.26 bits per heavy atom. The zero-order valence-electron chi connectivity index (χ0n) is 12.5. The van der Waals surface area contributed by atoms with Gasteiger partial charge in [-0.3, -0.25) is 4.79 Å². The maximum absolute atomic E-state index is 13.0. The molecule has 2 N–H and O–H groups in total. The lowest BCUT2D eigenvalue weighted by Gasteiger charge is -2.28. The predicted molar refractivity (Wildman–Crippen MR) is 85.4 cm³/mol. The SMILES string of the molecule is O=C([C@H]1NCCc2[nH]cnc21)N1CCOc2ccc(Cl)cc2C1. The Morgan fingerprint density at radius 2 is 2.35 bits per heavy atom. The Labute approximate surface area is 138 Å². The maximum atomic E-state index is 13.0. The Balaban J connectivity index is 1.60. The smallest absolute Gasteiger partial charge is 0.246 e. The number of carbonyl (C=O) groups is 1. The summed E-state index contributed by atoms with van der Waals surface area (Å²) in [6, 6.07) is 5.12. The summed E-state index contributed by atoms with van der Waals surface area (Å²) in [5.41, 5.74) is 2.77. The van der Waals surface area contributed by atoms with Crippen LogP contribution in [0.25, 0.3) is 0 Å². The average Bonchev–Trinajstić information content (AvgIpc) is 2.94. The molecule has 0 spiro atoms. The van der Waals surface area contributed by atoms with Crippen molar-refractivity contribution in [3.8, 4) is 5.75 Å². The summed E-state index contributed by atoms with van der Waals surface area (Å²) in [6.07, 6.45) is 2.51. The molecule has 6 nitrogen and oxygen atoms in total. The number of aromatic amines is 1. The lowest BCUT2D eigenvalue weighted by Crippen LogP contribution is -2.44. The molecule has 2 aromatic rings. The van der Waals surface area contributed by atoms with Crippen molar-refractivity contribution in [3.05, 3.63) is 46.5 Å². The van der Waals surface area contributed by atoms with Crippen molar-refractivity contribution in [2.45, 2.75) is 19.0 Å². The van der Waals surface area contributed by atoms with Crippen LogP contribution in [0.2, 0.25) is 5.02 Å². The van der Waals surface area contributed by atoms with E-state index in [0.29, 0.717) is 24.7 Å². The number of ether oxygens (including phenoxy) is 1. The topological polar surface area (TPSA) is 70.2 Å². The normalized spacial score (nSPS) is 20.2. The molecule has 23 heavy (non-hydrogen) atoms. The first-order chi connectivity index (χ1) is 11.2. The highest BCUT2D eigenvalue weighted by atomic mass is 35.5. The molecule has 4 rings (SSSR count). The van der Waals surface area contributed by atoms with Gasteiger partial charge in [-0.25, -0.2) is 4.98 Å². The summed E-state index contributed by atoms with van der Waals surface area (Å²) in [5.74, 6) is 0.816. The predicted octanol–water partition coefficient (Wildman–Crippen LogP) is 1.67. The summed E-state index contributed by atoms with van der Waals surface area (Å²) < 4.78 is 5.73. The molecule has 7 heteroatoms. The molecule has 0 saturated heterocycles. The molecule has 0 unspecified atom stereocenters. The molecule has 1 amide bonds. The quantitative estimate of drug-likeness (QED) is 0.833. The van der Waals surface area contributed by atoms with Crippen molar-refractivity contribution in [3.63, 3.8) is 0 Å². The van der Waals surface area contributed by atoms with Crippen LogP contribution in [0.4, 0.5) is 0 Å². The van der Waals surface area contributed by atoms with Crippen LogP contribution in [0.3, 0.4) is 0 Å². The van der Waals surface area contributed by atoms with Crippen LogP contribution in [0.5, 0.6) is 5.75 Å². The van der Waals surface area contributed by atoms with Crippen molar-refractivity contribution >= 4 is 17.5 Å². The van der Waals surface area contributed by atoms with E-state index in [1.54, 1.807) is 12.4 Å². The molecule has 0 bridgehead atoms. The van der Waals surface area contributed by atoms with Crippen LogP contribution in [-0.4, -0.2) is 40.5 Å². The molecule has 1 aromatic heterocycles. The van der Waals surface area contributed by atoms with E-state index >= 15 is 0 Å². The number of imidazole rings is 1. The molecule has 3 heterocycles. The summed E-state index contributed by atoms with van der Waals surface area (Å²) >= 11 is 6.07. The van der Waals surface area contributed by atoms with E-state index in [-0.39, 0.29) is 5.91 Å². The van der Waals surface area contributed by atoms with E-state index in [4.69, 9.17) is 16.3 Å². The van der Waals surface area contributed by atoms with Crippen LogP contribution in [0, 0.1) is 0 Å². The van der Waals surface area contributed by atoms with Gasteiger partial charge in [-0.05, 0) is 18.2 Å². The van der Waals surface area contributed by atoms with Crippen molar-refractivity contribution in [2.24, 2.45) is 0 Å². The number of amides is 1. The second kappa shape index (κ2) is 5.86. The molecular formula is C16H17ClN4O2. The number of rotatable bonds is 1. The number of halogens is 1. The summed E-state index contributed by atoms with van der Waals surface area (Å²) in [5, 5.41) is 3.92. The van der Waals surface area contributed by atoms with Gasteiger partial charge in [0.15, 0.2) is 0 Å². The minimum atomic E-state index is -0.397. The molecule has 0 aliphatic carbocycles. The lowest BCUT2D eigenvalue weighted by atomic mass is 10.0. The van der Waals surface area contributed by atoms with Gasteiger partial charge < -0.3 is 19.9 Å². The lowest BCUT2D eigenvalue weighted by molar-refractivity contribution is -0.134. The minimum Gasteiger partial charge on any atom is -0.491 e. The second-order valence-electron chi connectivity index (χ2n) is 5.76. The van der Waals surface area contributed by atoms with Gasteiger partial charge in [-0.15, -0.1) is 0 Å². The Bertz CT molecular complexity index is 745. The van der Waals surface area contributed by atoms with E-state index in [2.05, 4.69) is 15.3 Å². The van der Waals surface area contributed by atoms with E-state index in [9.17, 15) is 4.79 Å². The van der Waals surface area contributed by atoms with Crippen molar-refractivity contribution in [2.75, 3.05) is 19.7 Å².